The van der Waals surface area contributed by atoms with Gasteiger partial charge in [-0.15, -0.1) is 0 Å². The quantitative estimate of drug-likeness (QED) is 0.0536. The van der Waals surface area contributed by atoms with E-state index in [1.54, 1.807) is 0 Å². The van der Waals surface area contributed by atoms with Crippen LogP contribution in [0.1, 0.15) is 322 Å². The van der Waals surface area contributed by atoms with E-state index in [-0.39, 0.29) is 12.5 Å². The third-order valence-electron chi connectivity index (χ3n) is 13.1. The van der Waals surface area contributed by atoms with Crippen LogP contribution >= 0.6 is 0 Å². The van der Waals surface area contributed by atoms with Crippen molar-refractivity contribution in [2.45, 2.75) is 334 Å². The van der Waals surface area contributed by atoms with E-state index in [0.717, 1.165) is 25.7 Å². The second-order valence-electron chi connectivity index (χ2n) is 19.0. The highest BCUT2D eigenvalue weighted by atomic mass is 16.3. The number of aliphatic hydroxyl groups excluding tert-OH is 2. The highest BCUT2D eigenvalue weighted by Crippen LogP contribution is 2.18. The van der Waals surface area contributed by atoms with Crippen molar-refractivity contribution in [2.75, 3.05) is 6.61 Å². The van der Waals surface area contributed by atoms with Gasteiger partial charge in [-0.3, -0.25) is 4.79 Å². The molecule has 0 fully saturated rings. The van der Waals surface area contributed by atoms with Crippen LogP contribution in [0.3, 0.4) is 0 Å². The summed E-state index contributed by atoms with van der Waals surface area (Å²) in [7, 11) is 0. The number of hydrogen-bond donors (Lipinski definition) is 3. The Morgan fingerprint density at radius 3 is 0.776 bits per heavy atom. The van der Waals surface area contributed by atoms with Crippen molar-refractivity contribution in [1.82, 2.24) is 5.32 Å². The normalized spacial score (nSPS) is 12.7. The first-order valence-corrected chi connectivity index (χ1v) is 27.2. The molecule has 4 nitrogen and oxygen atoms in total. The molecule has 0 heterocycles. The first-order chi connectivity index (χ1) is 28.7. The van der Waals surface area contributed by atoms with Crippen LogP contribution in [0, 0.1) is 0 Å². The molecule has 0 aliphatic rings. The smallest absolute Gasteiger partial charge is 0.220 e. The molecule has 0 saturated carbocycles. The Hall–Kier alpha value is -0.610. The average molecular weight is 820 g/mol. The first kappa shape index (κ1) is 57.4. The van der Waals surface area contributed by atoms with Crippen molar-refractivity contribution < 1.29 is 15.0 Å². The van der Waals surface area contributed by atoms with Crippen molar-refractivity contribution >= 4 is 5.91 Å². The number of rotatable bonds is 51. The lowest BCUT2D eigenvalue weighted by Crippen LogP contribution is -2.45. The molecule has 58 heavy (non-hydrogen) atoms. The molecule has 0 aromatic carbocycles. The summed E-state index contributed by atoms with van der Waals surface area (Å²) in [5.74, 6) is -0.0222. The van der Waals surface area contributed by atoms with Crippen LogP contribution in [0.25, 0.3) is 0 Å². The van der Waals surface area contributed by atoms with Gasteiger partial charge in [-0.1, -0.05) is 303 Å². The van der Waals surface area contributed by atoms with Gasteiger partial charge in [0.1, 0.15) is 0 Å². The number of carbonyl (C=O) groups is 1. The number of aliphatic hydroxyl groups is 2. The van der Waals surface area contributed by atoms with Crippen LogP contribution in [0.4, 0.5) is 0 Å². The van der Waals surface area contributed by atoms with Gasteiger partial charge in [-0.2, -0.15) is 0 Å². The van der Waals surface area contributed by atoms with Crippen molar-refractivity contribution in [2.24, 2.45) is 0 Å². The van der Waals surface area contributed by atoms with Crippen LogP contribution in [0.15, 0.2) is 0 Å². The molecule has 0 saturated heterocycles. The van der Waals surface area contributed by atoms with Gasteiger partial charge < -0.3 is 15.5 Å². The van der Waals surface area contributed by atoms with Gasteiger partial charge in [0.25, 0.3) is 0 Å². The highest BCUT2D eigenvalue weighted by molar-refractivity contribution is 5.76. The summed E-state index contributed by atoms with van der Waals surface area (Å²) in [6.45, 7) is 4.40. The average Bonchev–Trinajstić information content (AvgIpc) is 3.23. The van der Waals surface area contributed by atoms with Gasteiger partial charge in [-0.25, -0.2) is 0 Å². The molecular weight excluding hydrogens is 711 g/mol. The van der Waals surface area contributed by atoms with Crippen molar-refractivity contribution in [1.29, 1.82) is 0 Å². The third kappa shape index (κ3) is 46.5. The Kier molecular flexibility index (Phi) is 50.2. The summed E-state index contributed by atoms with van der Waals surface area (Å²) >= 11 is 0. The van der Waals surface area contributed by atoms with E-state index in [1.165, 1.54) is 270 Å². The molecule has 0 spiro atoms. The first-order valence-electron chi connectivity index (χ1n) is 27.2. The van der Waals surface area contributed by atoms with Gasteiger partial charge >= 0.3 is 0 Å². The fourth-order valence-corrected chi connectivity index (χ4v) is 8.95. The van der Waals surface area contributed by atoms with Crippen LogP contribution in [0.2, 0.25) is 0 Å². The predicted molar refractivity (Wildman–Crippen MR) is 258 cm³/mol. The van der Waals surface area contributed by atoms with E-state index >= 15 is 0 Å². The van der Waals surface area contributed by atoms with E-state index in [1.807, 2.05) is 0 Å². The second kappa shape index (κ2) is 50.7. The number of amides is 1. The maximum absolute atomic E-state index is 12.5. The van der Waals surface area contributed by atoms with Gasteiger partial charge in [0.05, 0.1) is 18.8 Å². The molecule has 2 atom stereocenters. The second-order valence-corrected chi connectivity index (χ2v) is 19.0. The summed E-state index contributed by atoms with van der Waals surface area (Å²) in [4.78, 5) is 12.5. The van der Waals surface area contributed by atoms with Crippen LogP contribution in [-0.4, -0.2) is 34.9 Å². The zero-order chi connectivity index (χ0) is 42.1. The zero-order valence-electron chi connectivity index (χ0n) is 40.1. The lowest BCUT2D eigenvalue weighted by Gasteiger charge is -2.22. The van der Waals surface area contributed by atoms with E-state index < -0.39 is 12.1 Å². The minimum absolute atomic E-state index is 0.0222. The molecule has 4 heteroatoms. The molecule has 2 unspecified atom stereocenters. The molecule has 0 radical (unpaired) electrons. The molecule has 0 aromatic heterocycles. The van der Waals surface area contributed by atoms with Gasteiger partial charge in [0.2, 0.25) is 5.91 Å². The number of carbonyl (C=O) groups excluding carboxylic acids is 1. The van der Waals surface area contributed by atoms with Crippen LogP contribution in [-0.2, 0) is 4.79 Å². The van der Waals surface area contributed by atoms with Crippen LogP contribution < -0.4 is 5.32 Å². The van der Waals surface area contributed by atoms with Crippen LogP contribution in [0.5, 0.6) is 0 Å². The molecule has 348 valence electrons. The Labute approximate surface area is 365 Å². The standard InChI is InChI=1S/C54H109NO3/c1-3-5-7-9-11-13-15-17-19-21-23-25-27-28-30-32-34-36-38-40-42-44-46-48-50-54(58)55-52(51-56)53(57)49-47-45-43-41-39-37-35-33-31-29-26-24-22-20-18-16-14-12-10-8-6-4-2/h52-53,56-57H,3-51H2,1-2H3,(H,55,58). The van der Waals surface area contributed by atoms with Crippen molar-refractivity contribution in [3.63, 3.8) is 0 Å². The number of nitrogens with one attached hydrogen (secondary N) is 1. The predicted octanol–water partition coefficient (Wildman–Crippen LogP) is 17.6. The topological polar surface area (TPSA) is 69.6 Å². The molecule has 0 bridgehead atoms. The van der Waals surface area contributed by atoms with E-state index in [0.29, 0.717) is 12.8 Å². The lowest BCUT2D eigenvalue weighted by atomic mass is 10.0. The summed E-state index contributed by atoms with van der Waals surface area (Å²) in [6.07, 6.45) is 63.7. The molecule has 0 rings (SSSR count). The number of unbranched alkanes of at least 4 members (excludes halogenated alkanes) is 44. The van der Waals surface area contributed by atoms with Crippen molar-refractivity contribution in [3.05, 3.63) is 0 Å². The zero-order valence-corrected chi connectivity index (χ0v) is 40.1. The SMILES string of the molecule is CCCCCCCCCCCCCCCCCCCCCCCCCCC(=O)NC(CO)C(O)CCCCCCCCCCCCCCCCCCCCCCCC. The Morgan fingerprint density at radius 1 is 0.345 bits per heavy atom. The third-order valence-corrected chi connectivity index (χ3v) is 13.1. The largest absolute Gasteiger partial charge is 0.394 e. The summed E-state index contributed by atoms with van der Waals surface area (Å²) in [5.41, 5.74) is 0. The molecule has 1 amide bonds. The lowest BCUT2D eigenvalue weighted by molar-refractivity contribution is -0.123. The van der Waals surface area contributed by atoms with Gasteiger partial charge in [0, 0.05) is 6.42 Å². The minimum Gasteiger partial charge on any atom is -0.394 e. The maximum Gasteiger partial charge on any atom is 0.220 e. The maximum atomic E-state index is 12.5. The molecular formula is C54H109NO3. The van der Waals surface area contributed by atoms with E-state index in [2.05, 4.69) is 19.2 Å². The Morgan fingerprint density at radius 2 is 0.552 bits per heavy atom. The molecule has 3 N–H and O–H groups in total. The summed E-state index contributed by atoms with van der Waals surface area (Å²) < 4.78 is 0. The molecule has 0 aliphatic carbocycles. The molecule has 0 aromatic rings. The van der Waals surface area contributed by atoms with E-state index in [4.69, 9.17) is 0 Å². The molecule has 0 aliphatic heterocycles. The van der Waals surface area contributed by atoms with Gasteiger partial charge in [-0.05, 0) is 12.8 Å². The van der Waals surface area contributed by atoms with Crippen molar-refractivity contribution in [3.8, 4) is 0 Å². The fraction of sp³-hybridized carbons (Fsp3) is 0.981. The Balaban J connectivity index is 3.41. The van der Waals surface area contributed by atoms with Gasteiger partial charge in [0.15, 0.2) is 0 Å². The Bertz CT molecular complexity index is 759. The monoisotopic (exact) mass is 820 g/mol. The minimum atomic E-state index is -0.654. The van der Waals surface area contributed by atoms with E-state index in [9.17, 15) is 15.0 Å². The fourth-order valence-electron chi connectivity index (χ4n) is 8.95. The summed E-state index contributed by atoms with van der Waals surface area (Å²) in [6, 6.07) is -0.531. The number of hydrogen-bond acceptors (Lipinski definition) is 3. The highest BCUT2D eigenvalue weighted by Gasteiger charge is 2.20. The summed E-state index contributed by atoms with van der Waals surface area (Å²) in [5, 5.41) is 23.3.